The Kier molecular flexibility index (Phi) is 4.40. The Labute approximate surface area is 138 Å². The van der Waals surface area contributed by atoms with Crippen LogP contribution in [0.5, 0.6) is 5.75 Å². The molecule has 5 nitrogen and oxygen atoms in total. The number of carbonyl (C=O) groups excluding carboxylic acids is 1. The number of nitrogens with zero attached hydrogens (tertiary/aromatic N) is 2. The molecule has 1 fully saturated rings. The Hall–Kier alpha value is -2.25. The molecule has 0 aliphatic carbocycles. The molecule has 1 saturated heterocycles. The molecule has 2 aromatic carbocycles. The number of urea groups is 1. The molecule has 1 aliphatic heterocycles. The standard InChI is InChI=1S/C16H16FN3O2S/c1-22-12-4-7-15(14(17)10-12)20-9-8-19(16(20)21)11-2-5-13(23-18)6-3-11/h2-7,10H,8-9,18H2,1H3. The van der Waals surface area contributed by atoms with E-state index in [0.717, 1.165) is 22.5 Å². The predicted octanol–water partition coefficient (Wildman–Crippen LogP) is 3.25. The van der Waals surface area contributed by atoms with Gasteiger partial charge in [0.25, 0.3) is 0 Å². The SMILES string of the molecule is COc1ccc(N2CCN(c3ccc(SN)cc3)C2=O)c(F)c1. The summed E-state index contributed by atoms with van der Waals surface area (Å²) in [6.45, 7) is 0.925. The first-order chi connectivity index (χ1) is 11.1. The lowest BCUT2D eigenvalue weighted by Crippen LogP contribution is -2.32. The Morgan fingerprint density at radius 1 is 1.13 bits per heavy atom. The van der Waals surface area contributed by atoms with Crippen molar-refractivity contribution < 1.29 is 13.9 Å². The van der Waals surface area contributed by atoms with Gasteiger partial charge in [0.2, 0.25) is 0 Å². The second-order valence-corrected chi connectivity index (χ2v) is 5.72. The fourth-order valence-electron chi connectivity index (χ4n) is 2.54. The Morgan fingerprint density at radius 2 is 1.83 bits per heavy atom. The first-order valence-corrected chi connectivity index (χ1v) is 7.91. The van der Waals surface area contributed by atoms with Crippen LogP contribution >= 0.6 is 11.9 Å². The molecule has 3 rings (SSSR count). The monoisotopic (exact) mass is 333 g/mol. The average Bonchev–Trinajstić information content (AvgIpc) is 2.96. The minimum atomic E-state index is -0.477. The van der Waals surface area contributed by atoms with Crippen LogP contribution in [0.3, 0.4) is 0 Å². The molecule has 0 spiro atoms. The minimum Gasteiger partial charge on any atom is -0.497 e. The topological polar surface area (TPSA) is 58.8 Å². The molecule has 2 aromatic rings. The molecule has 2 amide bonds. The van der Waals surface area contributed by atoms with E-state index in [-0.39, 0.29) is 11.7 Å². The van der Waals surface area contributed by atoms with Crippen LogP contribution in [-0.4, -0.2) is 26.2 Å². The third-order valence-electron chi connectivity index (χ3n) is 3.74. The van der Waals surface area contributed by atoms with Crippen molar-refractivity contribution in [3.63, 3.8) is 0 Å². The first-order valence-electron chi connectivity index (χ1n) is 7.03. The van der Waals surface area contributed by atoms with E-state index in [1.807, 2.05) is 24.3 Å². The summed E-state index contributed by atoms with van der Waals surface area (Å²) in [5.74, 6) is -0.0564. The molecular formula is C16H16FN3O2S. The number of methoxy groups -OCH3 is 1. The molecule has 1 heterocycles. The number of amides is 2. The third-order valence-corrected chi connectivity index (χ3v) is 4.28. The third kappa shape index (κ3) is 2.97. The van der Waals surface area contributed by atoms with Crippen molar-refractivity contribution in [2.45, 2.75) is 4.90 Å². The highest BCUT2D eigenvalue weighted by Gasteiger charge is 2.32. The van der Waals surface area contributed by atoms with Gasteiger partial charge in [-0.2, -0.15) is 0 Å². The van der Waals surface area contributed by atoms with E-state index in [0.29, 0.717) is 18.8 Å². The van der Waals surface area contributed by atoms with Gasteiger partial charge in [-0.25, -0.2) is 9.18 Å². The van der Waals surface area contributed by atoms with E-state index in [4.69, 9.17) is 9.88 Å². The summed E-state index contributed by atoms with van der Waals surface area (Å²) in [6, 6.07) is 11.6. The number of rotatable bonds is 4. The van der Waals surface area contributed by atoms with Gasteiger partial charge in [0.1, 0.15) is 5.75 Å². The Morgan fingerprint density at radius 3 is 2.43 bits per heavy atom. The highest BCUT2D eigenvalue weighted by Crippen LogP contribution is 2.29. The van der Waals surface area contributed by atoms with E-state index < -0.39 is 5.82 Å². The second-order valence-electron chi connectivity index (χ2n) is 5.01. The lowest BCUT2D eigenvalue weighted by atomic mass is 10.2. The van der Waals surface area contributed by atoms with E-state index in [1.54, 1.807) is 17.0 Å². The predicted molar refractivity (Wildman–Crippen MR) is 89.5 cm³/mol. The fourth-order valence-corrected chi connectivity index (χ4v) is 2.83. The molecule has 120 valence electrons. The maximum atomic E-state index is 14.2. The van der Waals surface area contributed by atoms with Crippen molar-refractivity contribution in [1.82, 2.24) is 0 Å². The van der Waals surface area contributed by atoms with E-state index in [1.165, 1.54) is 18.1 Å². The smallest absolute Gasteiger partial charge is 0.329 e. The van der Waals surface area contributed by atoms with Crippen LogP contribution in [0.4, 0.5) is 20.6 Å². The van der Waals surface area contributed by atoms with Crippen LogP contribution in [0.1, 0.15) is 0 Å². The summed E-state index contributed by atoms with van der Waals surface area (Å²) < 4.78 is 19.2. The average molecular weight is 333 g/mol. The van der Waals surface area contributed by atoms with Crippen LogP contribution in [0.2, 0.25) is 0 Å². The number of halogens is 1. The van der Waals surface area contributed by atoms with Gasteiger partial charge in [-0.05, 0) is 48.3 Å². The normalized spacial score (nSPS) is 14.5. The number of hydrogen-bond donors (Lipinski definition) is 1. The van der Waals surface area contributed by atoms with E-state index in [2.05, 4.69) is 0 Å². The van der Waals surface area contributed by atoms with Gasteiger partial charge in [-0.1, -0.05) is 0 Å². The summed E-state index contributed by atoms with van der Waals surface area (Å²) in [5, 5.41) is 5.49. The molecule has 7 heteroatoms. The zero-order valence-corrected chi connectivity index (χ0v) is 13.3. The molecule has 2 N–H and O–H groups in total. The molecule has 0 aromatic heterocycles. The molecule has 23 heavy (non-hydrogen) atoms. The first kappa shape index (κ1) is 15.6. The summed E-state index contributed by atoms with van der Waals surface area (Å²) in [4.78, 5) is 16.6. The summed E-state index contributed by atoms with van der Waals surface area (Å²) in [7, 11) is 1.47. The van der Waals surface area contributed by atoms with Gasteiger partial charge >= 0.3 is 6.03 Å². The Balaban J connectivity index is 1.83. The van der Waals surface area contributed by atoms with E-state index >= 15 is 0 Å². The molecule has 0 radical (unpaired) electrons. The van der Waals surface area contributed by atoms with Gasteiger partial charge in [-0.3, -0.25) is 14.9 Å². The van der Waals surface area contributed by atoms with Crippen LogP contribution < -0.4 is 19.7 Å². The largest absolute Gasteiger partial charge is 0.497 e. The molecule has 0 bridgehead atoms. The van der Waals surface area contributed by atoms with Crippen molar-refractivity contribution in [2.75, 3.05) is 30.0 Å². The number of hydrogen-bond acceptors (Lipinski definition) is 4. The molecule has 0 atom stereocenters. The number of anilines is 2. The van der Waals surface area contributed by atoms with Crippen LogP contribution in [0, 0.1) is 5.82 Å². The highest BCUT2D eigenvalue weighted by atomic mass is 32.2. The second kappa shape index (κ2) is 6.47. The molecule has 1 aliphatic rings. The van der Waals surface area contributed by atoms with Crippen LogP contribution in [-0.2, 0) is 0 Å². The lowest BCUT2D eigenvalue weighted by molar-refractivity contribution is 0.255. The van der Waals surface area contributed by atoms with Gasteiger partial charge < -0.3 is 4.74 Å². The number of benzene rings is 2. The maximum absolute atomic E-state index is 14.2. The highest BCUT2D eigenvalue weighted by molar-refractivity contribution is 7.97. The zero-order chi connectivity index (χ0) is 16.4. The van der Waals surface area contributed by atoms with Crippen LogP contribution in [0.15, 0.2) is 47.4 Å². The van der Waals surface area contributed by atoms with Crippen molar-refractivity contribution >= 4 is 29.4 Å². The van der Waals surface area contributed by atoms with Gasteiger partial charge in [-0.15, -0.1) is 0 Å². The number of ether oxygens (including phenoxy) is 1. The maximum Gasteiger partial charge on any atom is 0.329 e. The van der Waals surface area contributed by atoms with Crippen molar-refractivity contribution in [1.29, 1.82) is 0 Å². The van der Waals surface area contributed by atoms with Crippen molar-refractivity contribution in [3.05, 3.63) is 48.3 Å². The Bertz CT molecular complexity index is 724. The quantitative estimate of drug-likeness (QED) is 0.873. The molecule has 0 saturated carbocycles. The van der Waals surface area contributed by atoms with Gasteiger partial charge in [0, 0.05) is 29.7 Å². The van der Waals surface area contributed by atoms with Crippen molar-refractivity contribution in [2.24, 2.45) is 5.14 Å². The molecular weight excluding hydrogens is 317 g/mol. The number of carbonyl (C=O) groups is 1. The van der Waals surface area contributed by atoms with Crippen molar-refractivity contribution in [3.8, 4) is 5.75 Å². The number of nitrogens with two attached hydrogens (primary N) is 1. The van der Waals surface area contributed by atoms with Crippen LogP contribution in [0.25, 0.3) is 0 Å². The fraction of sp³-hybridized carbons (Fsp3) is 0.188. The van der Waals surface area contributed by atoms with Gasteiger partial charge in [0.05, 0.1) is 12.8 Å². The summed E-state index contributed by atoms with van der Waals surface area (Å²) in [5.41, 5.74) is 1.02. The summed E-state index contributed by atoms with van der Waals surface area (Å²) >= 11 is 1.15. The molecule has 0 unspecified atom stereocenters. The lowest BCUT2D eigenvalue weighted by Gasteiger charge is -2.19. The van der Waals surface area contributed by atoms with E-state index in [9.17, 15) is 9.18 Å². The minimum absolute atomic E-state index is 0.248. The van der Waals surface area contributed by atoms with Gasteiger partial charge in [0.15, 0.2) is 5.82 Å². The zero-order valence-electron chi connectivity index (χ0n) is 12.5. The summed E-state index contributed by atoms with van der Waals surface area (Å²) in [6.07, 6.45) is 0.